The number of H-pyrrole nitrogens is 1. The fraction of sp³-hybridized carbons (Fsp3) is 0. The fourth-order valence-corrected chi connectivity index (χ4v) is 3.06. The third-order valence-corrected chi connectivity index (χ3v) is 4.77. The number of benzene rings is 2. The number of nitrogens with one attached hydrogen (secondary N) is 1. The number of imidazole rings is 1. The van der Waals surface area contributed by atoms with E-state index in [0.29, 0.717) is 16.3 Å². The molecule has 0 aliphatic rings. The van der Waals surface area contributed by atoms with Crippen molar-refractivity contribution in [1.82, 2.24) is 19.5 Å². The summed E-state index contributed by atoms with van der Waals surface area (Å²) in [6.07, 6.45) is 0. The van der Waals surface area contributed by atoms with Gasteiger partial charge < -0.3 is 10.7 Å². The molecule has 140 valence electrons. The van der Waals surface area contributed by atoms with Crippen LogP contribution in [0.3, 0.4) is 0 Å². The maximum absolute atomic E-state index is 13.3. The second kappa shape index (κ2) is 6.74. The predicted octanol–water partition coefficient (Wildman–Crippen LogP) is 3.32. The van der Waals surface area contributed by atoms with Crippen LogP contribution in [0.5, 0.6) is 0 Å². The molecule has 0 saturated carbocycles. The van der Waals surface area contributed by atoms with E-state index in [-0.39, 0.29) is 27.7 Å². The Bertz CT molecular complexity index is 1300. The fourth-order valence-electron chi connectivity index (χ4n) is 2.76. The van der Waals surface area contributed by atoms with Crippen LogP contribution in [-0.4, -0.2) is 25.4 Å². The number of hydrogen-bond donors (Lipinski definition) is 2. The standard InChI is InChI=1S/C18H10Cl2FN5O2/c19-11-6-1-8(7-12(11)20)16-23-13(15(22)27)14-17(25-16)26(18(28)24-14)10-4-2-9(21)3-5-10/h1-7H,(H2,22,27)(H,24,28). The van der Waals surface area contributed by atoms with E-state index in [1.165, 1.54) is 34.9 Å². The first-order chi connectivity index (χ1) is 13.3. The Morgan fingerprint density at radius 2 is 1.79 bits per heavy atom. The molecule has 0 unspecified atom stereocenters. The molecule has 0 aliphatic carbocycles. The van der Waals surface area contributed by atoms with E-state index in [0.717, 1.165) is 0 Å². The van der Waals surface area contributed by atoms with Gasteiger partial charge in [0.05, 0.1) is 15.7 Å². The van der Waals surface area contributed by atoms with Gasteiger partial charge in [0.2, 0.25) is 0 Å². The molecule has 0 bridgehead atoms. The van der Waals surface area contributed by atoms with Crippen molar-refractivity contribution in [1.29, 1.82) is 0 Å². The summed E-state index contributed by atoms with van der Waals surface area (Å²) in [5.41, 5.74) is 5.71. The summed E-state index contributed by atoms with van der Waals surface area (Å²) in [5, 5.41) is 0.611. The summed E-state index contributed by atoms with van der Waals surface area (Å²) < 4.78 is 14.5. The summed E-state index contributed by atoms with van der Waals surface area (Å²) in [7, 11) is 0. The number of carbonyl (C=O) groups is 1. The summed E-state index contributed by atoms with van der Waals surface area (Å²) >= 11 is 12.0. The molecule has 0 fully saturated rings. The Labute approximate surface area is 166 Å². The molecule has 28 heavy (non-hydrogen) atoms. The lowest BCUT2D eigenvalue weighted by Crippen LogP contribution is -2.15. The predicted molar refractivity (Wildman–Crippen MR) is 103 cm³/mol. The van der Waals surface area contributed by atoms with Crippen LogP contribution in [0.4, 0.5) is 4.39 Å². The molecule has 2 aromatic heterocycles. The Balaban J connectivity index is 2.04. The van der Waals surface area contributed by atoms with E-state index in [1.807, 2.05) is 0 Å². The lowest BCUT2D eigenvalue weighted by Gasteiger charge is -2.07. The summed E-state index contributed by atoms with van der Waals surface area (Å²) in [5.74, 6) is -1.18. The minimum absolute atomic E-state index is 0.0747. The van der Waals surface area contributed by atoms with Gasteiger partial charge in [0.15, 0.2) is 17.2 Å². The van der Waals surface area contributed by atoms with E-state index in [2.05, 4.69) is 15.0 Å². The number of carbonyl (C=O) groups excluding carboxylic acids is 1. The SMILES string of the molecule is NC(=O)c1nc(-c2ccc(Cl)c(Cl)c2)nc2c1[nH]c(=O)n2-c1ccc(F)cc1. The van der Waals surface area contributed by atoms with Gasteiger partial charge >= 0.3 is 5.69 Å². The number of primary amides is 1. The first-order valence-corrected chi connectivity index (χ1v) is 8.64. The van der Waals surface area contributed by atoms with E-state index in [1.54, 1.807) is 12.1 Å². The van der Waals surface area contributed by atoms with Crippen molar-refractivity contribution < 1.29 is 9.18 Å². The second-order valence-electron chi connectivity index (χ2n) is 5.83. The van der Waals surface area contributed by atoms with Gasteiger partial charge in [-0.1, -0.05) is 23.2 Å². The zero-order chi connectivity index (χ0) is 20.0. The van der Waals surface area contributed by atoms with Crippen molar-refractivity contribution in [2.75, 3.05) is 0 Å². The Kier molecular flexibility index (Phi) is 4.37. The summed E-state index contributed by atoms with van der Waals surface area (Å²) in [6, 6.07) is 9.94. The van der Waals surface area contributed by atoms with Crippen LogP contribution >= 0.6 is 23.2 Å². The molecule has 10 heteroatoms. The molecule has 7 nitrogen and oxygen atoms in total. The van der Waals surface area contributed by atoms with Gasteiger partial charge in [-0.3, -0.25) is 4.79 Å². The van der Waals surface area contributed by atoms with Crippen LogP contribution in [0, 0.1) is 5.82 Å². The van der Waals surface area contributed by atoms with Gasteiger partial charge in [-0.25, -0.2) is 23.7 Å². The molecule has 0 saturated heterocycles. The van der Waals surface area contributed by atoms with Gasteiger partial charge in [0.25, 0.3) is 5.91 Å². The van der Waals surface area contributed by atoms with Gasteiger partial charge in [-0.15, -0.1) is 0 Å². The van der Waals surface area contributed by atoms with Crippen LogP contribution in [0.15, 0.2) is 47.3 Å². The first kappa shape index (κ1) is 18.1. The Morgan fingerprint density at radius 3 is 2.43 bits per heavy atom. The quantitative estimate of drug-likeness (QED) is 0.532. The highest BCUT2D eigenvalue weighted by Crippen LogP contribution is 2.28. The number of fused-ring (bicyclic) bond motifs is 1. The molecule has 0 aliphatic heterocycles. The van der Waals surface area contributed by atoms with Crippen LogP contribution in [-0.2, 0) is 0 Å². The van der Waals surface area contributed by atoms with Crippen molar-refractivity contribution in [3.63, 3.8) is 0 Å². The lowest BCUT2D eigenvalue weighted by atomic mass is 10.2. The molecular weight excluding hydrogens is 408 g/mol. The minimum atomic E-state index is -0.846. The first-order valence-electron chi connectivity index (χ1n) is 7.89. The van der Waals surface area contributed by atoms with Crippen LogP contribution < -0.4 is 11.4 Å². The van der Waals surface area contributed by atoms with Gasteiger partial charge in [0.1, 0.15) is 11.3 Å². The summed E-state index contributed by atoms with van der Waals surface area (Å²) in [4.78, 5) is 35.5. The Hall–Kier alpha value is -3.23. The van der Waals surface area contributed by atoms with Crippen molar-refractivity contribution in [2.24, 2.45) is 5.73 Å². The number of nitrogens with two attached hydrogens (primary N) is 1. The minimum Gasteiger partial charge on any atom is -0.364 e. The largest absolute Gasteiger partial charge is 0.364 e. The van der Waals surface area contributed by atoms with Gasteiger partial charge in [0, 0.05) is 5.56 Å². The topological polar surface area (TPSA) is 107 Å². The number of aromatic nitrogens is 4. The molecule has 0 atom stereocenters. The van der Waals surface area contributed by atoms with Crippen LogP contribution in [0.2, 0.25) is 10.0 Å². The van der Waals surface area contributed by atoms with E-state index in [4.69, 9.17) is 28.9 Å². The average molecular weight is 418 g/mol. The highest BCUT2D eigenvalue weighted by atomic mass is 35.5. The molecule has 2 aromatic carbocycles. The zero-order valence-electron chi connectivity index (χ0n) is 13.9. The number of aromatic amines is 1. The van der Waals surface area contributed by atoms with Crippen LogP contribution in [0.25, 0.3) is 28.2 Å². The number of rotatable bonds is 3. The number of amides is 1. The normalized spacial score (nSPS) is 11.1. The molecule has 1 amide bonds. The molecule has 3 N–H and O–H groups in total. The molecule has 4 rings (SSSR count). The number of hydrogen-bond acceptors (Lipinski definition) is 4. The zero-order valence-corrected chi connectivity index (χ0v) is 15.4. The average Bonchev–Trinajstić information content (AvgIpc) is 2.99. The Morgan fingerprint density at radius 1 is 1.07 bits per heavy atom. The molecule has 4 aromatic rings. The number of nitrogens with zero attached hydrogens (tertiary/aromatic N) is 3. The van der Waals surface area contributed by atoms with Crippen LogP contribution in [0.1, 0.15) is 10.5 Å². The highest BCUT2D eigenvalue weighted by molar-refractivity contribution is 6.42. The molecule has 0 spiro atoms. The van der Waals surface area contributed by atoms with Crippen molar-refractivity contribution in [3.8, 4) is 17.1 Å². The van der Waals surface area contributed by atoms with E-state index in [9.17, 15) is 14.0 Å². The van der Waals surface area contributed by atoms with E-state index < -0.39 is 17.4 Å². The lowest BCUT2D eigenvalue weighted by molar-refractivity contribution is 0.0997. The van der Waals surface area contributed by atoms with E-state index >= 15 is 0 Å². The number of halogens is 3. The third kappa shape index (κ3) is 3.02. The highest BCUT2D eigenvalue weighted by Gasteiger charge is 2.20. The summed E-state index contributed by atoms with van der Waals surface area (Å²) in [6.45, 7) is 0. The van der Waals surface area contributed by atoms with Gasteiger partial charge in [-0.2, -0.15) is 0 Å². The maximum Gasteiger partial charge on any atom is 0.332 e. The monoisotopic (exact) mass is 417 g/mol. The smallest absolute Gasteiger partial charge is 0.332 e. The molecular formula is C18H10Cl2FN5O2. The van der Waals surface area contributed by atoms with Crippen molar-refractivity contribution in [2.45, 2.75) is 0 Å². The third-order valence-electron chi connectivity index (χ3n) is 4.03. The van der Waals surface area contributed by atoms with Crippen molar-refractivity contribution >= 4 is 40.3 Å². The molecule has 0 radical (unpaired) electrons. The molecule has 2 heterocycles. The van der Waals surface area contributed by atoms with Gasteiger partial charge in [-0.05, 0) is 42.5 Å². The van der Waals surface area contributed by atoms with Crippen molar-refractivity contribution in [3.05, 3.63) is 74.5 Å². The second-order valence-corrected chi connectivity index (χ2v) is 6.64. The maximum atomic E-state index is 13.3.